The van der Waals surface area contributed by atoms with Gasteiger partial charge in [-0.2, -0.15) is 0 Å². The molecule has 1 aromatic heterocycles. The monoisotopic (exact) mass is 537 g/mol. The van der Waals surface area contributed by atoms with E-state index in [1.54, 1.807) is 24.3 Å². The number of aryl methyl sites for hydroxylation is 1. The van der Waals surface area contributed by atoms with Crippen molar-refractivity contribution in [2.45, 2.75) is 13.5 Å². The summed E-state index contributed by atoms with van der Waals surface area (Å²) in [7, 11) is 3.92. The van der Waals surface area contributed by atoms with Gasteiger partial charge in [0.05, 0.1) is 28.7 Å². The Labute approximate surface area is 193 Å². The number of carbonyl (C=O) groups excluding carboxylic acids is 1. The molecule has 0 saturated carbocycles. The molecule has 28 heavy (non-hydrogen) atoms. The molecule has 1 aromatic carbocycles. The molecule has 0 unspecified atom stereocenters. The zero-order valence-electron chi connectivity index (χ0n) is 16.2. The highest BCUT2D eigenvalue weighted by Crippen LogP contribution is 2.15. The summed E-state index contributed by atoms with van der Waals surface area (Å²) in [5.41, 5.74) is 1.55. The molecule has 0 radical (unpaired) electrons. The smallest absolute Gasteiger partial charge is 0.252 e. The van der Waals surface area contributed by atoms with E-state index in [0.717, 1.165) is 18.2 Å². The Hall–Kier alpha value is -1.45. The first-order chi connectivity index (χ1) is 12.9. The number of guanidine groups is 1. The van der Waals surface area contributed by atoms with Crippen LogP contribution in [0, 0.1) is 0 Å². The number of benzene rings is 1. The summed E-state index contributed by atoms with van der Waals surface area (Å²) in [5.74, 6) is 0.564. The molecule has 2 aromatic rings. The highest BCUT2D eigenvalue weighted by atomic mass is 127. The van der Waals surface area contributed by atoms with E-state index in [-0.39, 0.29) is 29.9 Å². The number of hydrogen-bond donors (Lipinski definition) is 2. The van der Waals surface area contributed by atoms with Gasteiger partial charge in [0.1, 0.15) is 0 Å². The molecule has 0 aliphatic rings. The molecule has 2 N–H and O–H groups in total. The summed E-state index contributed by atoms with van der Waals surface area (Å²) in [6.07, 6.45) is 1.87. The second-order valence-corrected chi connectivity index (χ2v) is 6.93. The van der Waals surface area contributed by atoms with Crippen molar-refractivity contribution in [3.8, 4) is 0 Å². The summed E-state index contributed by atoms with van der Waals surface area (Å²) in [6.45, 7) is 4.31. The molecule has 0 fully saturated rings. The third-order valence-corrected chi connectivity index (χ3v) is 4.48. The average Bonchev–Trinajstić information content (AvgIpc) is 2.94. The van der Waals surface area contributed by atoms with E-state index in [4.69, 9.17) is 23.2 Å². The summed E-state index contributed by atoms with van der Waals surface area (Å²) < 4.78 is 1.99. The molecule has 0 bridgehead atoms. The number of aliphatic imine (C=N–C) groups is 1. The zero-order valence-corrected chi connectivity index (χ0v) is 20.0. The number of rotatable bonds is 7. The van der Waals surface area contributed by atoms with Crippen molar-refractivity contribution in [1.29, 1.82) is 0 Å². The molecular formula is C19H26Cl2IN5O. The number of nitrogens with zero attached hydrogens (tertiary/aromatic N) is 3. The first-order valence-corrected chi connectivity index (χ1v) is 9.51. The third kappa shape index (κ3) is 7.18. The van der Waals surface area contributed by atoms with E-state index in [1.165, 1.54) is 0 Å². The maximum atomic E-state index is 12.2. The lowest BCUT2D eigenvalue weighted by Gasteiger charge is -2.22. The molecule has 0 aliphatic heterocycles. The van der Waals surface area contributed by atoms with Crippen molar-refractivity contribution in [2.75, 3.05) is 26.7 Å². The van der Waals surface area contributed by atoms with Crippen LogP contribution in [0.1, 0.15) is 23.0 Å². The van der Waals surface area contributed by atoms with Crippen molar-refractivity contribution >= 4 is 59.0 Å². The van der Waals surface area contributed by atoms with Gasteiger partial charge in [0, 0.05) is 39.1 Å². The van der Waals surface area contributed by atoms with Crippen LogP contribution in [0.2, 0.25) is 10.0 Å². The Morgan fingerprint density at radius 2 is 1.96 bits per heavy atom. The maximum absolute atomic E-state index is 12.2. The van der Waals surface area contributed by atoms with E-state index < -0.39 is 0 Å². The number of hydrogen-bond acceptors (Lipinski definition) is 2. The quantitative estimate of drug-likeness (QED) is 0.244. The van der Waals surface area contributed by atoms with Crippen LogP contribution >= 0.6 is 47.2 Å². The lowest BCUT2D eigenvalue weighted by Crippen LogP contribution is -2.39. The van der Waals surface area contributed by atoms with E-state index in [9.17, 15) is 4.79 Å². The summed E-state index contributed by atoms with van der Waals surface area (Å²) >= 11 is 12.1. The van der Waals surface area contributed by atoms with Crippen molar-refractivity contribution in [1.82, 2.24) is 20.1 Å². The van der Waals surface area contributed by atoms with Crippen molar-refractivity contribution in [2.24, 2.45) is 12.0 Å². The maximum Gasteiger partial charge on any atom is 0.252 e. The second-order valence-electron chi connectivity index (χ2n) is 6.09. The van der Waals surface area contributed by atoms with Gasteiger partial charge in [0.2, 0.25) is 0 Å². The van der Waals surface area contributed by atoms with Crippen LogP contribution in [0.3, 0.4) is 0 Å². The second kappa shape index (κ2) is 12.2. The van der Waals surface area contributed by atoms with Crippen LogP contribution in [0.5, 0.6) is 0 Å². The standard InChI is InChI=1S/C19H25Cl2N5O.HI/c1-4-22-19(26(3)13-15-11-14(20)12-25(15)2)24-10-9-23-18(27)16-7-5-6-8-17(16)21;/h5-8,11-12H,4,9-10,13H2,1-3H3,(H,22,24)(H,23,27);1H. The van der Waals surface area contributed by atoms with Gasteiger partial charge >= 0.3 is 0 Å². The van der Waals surface area contributed by atoms with E-state index in [1.807, 2.05) is 42.7 Å². The number of halogens is 3. The first kappa shape index (κ1) is 24.6. The van der Waals surface area contributed by atoms with Gasteiger partial charge in [-0.05, 0) is 25.1 Å². The molecule has 0 saturated heterocycles. The minimum Gasteiger partial charge on any atom is -0.357 e. The Balaban J connectivity index is 0.00000392. The van der Waals surface area contributed by atoms with E-state index in [0.29, 0.717) is 35.2 Å². The molecule has 6 nitrogen and oxygen atoms in total. The van der Waals surface area contributed by atoms with Gasteiger partial charge in [-0.15, -0.1) is 24.0 Å². The summed E-state index contributed by atoms with van der Waals surface area (Å²) in [6, 6.07) is 8.91. The summed E-state index contributed by atoms with van der Waals surface area (Å²) in [4.78, 5) is 18.8. The Morgan fingerprint density at radius 3 is 2.57 bits per heavy atom. The molecule has 2 rings (SSSR count). The highest BCUT2D eigenvalue weighted by Gasteiger charge is 2.11. The van der Waals surface area contributed by atoms with Gasteiger partial charge in [-0.1, -0.05) is 35.3 Å². The fourth-order valence-electron chi connectivity index (χ4n) is 2.58. The molecule has 0 aliphatic carbocycles. The van der Waals surface area contributed by atoms with Gasteiger partial charge in [0.25, 0.3) is 5.91 Å². The highest BCUT2D eigenvalue weighted by molar-refractivity contribution is 14.0. The fourth-order valence-corrected chi connectivity index (χ4v) is 3.08. The van der Waals surface area contributed by atoms with Crippen LogP contribution in [0.15, 0.2) is 41.5 Å². The van der Waals surface area contributed by atoms with Gasteiger partial charge in [-0.3, -0.25) is 9.79 Å². The van der Waals surface area contributed by atoms with Crippen LogP contribution < -0.4 is 10.6 Å². The SMILES string of the molecule is CCNC(=NCCNC(=O)c1ccccc1Cl)N(C)Cc1cc(Cl)cn1C.I. The van der Waals surface area contributed by atoms with E-state index in [2.05, 4.69) is 15.6 Å². The lowest BCUT2D eigenvalue weighted by molar-refractivity contribution is 0.0955. The fraction of sp³-hybridized carbons (Fsp3) is 0.368. The molecule has 1 amide bonds. The predicted octanol–water partition coefficient (Wildman–Crippen LogP) is 3.78. The third-order valence-electron chi connectivity index (χ3n) is 3.95. The van der Waals surface area contributed by atoms with Gasteiger partial charge in [0.15, 0.2) is 5.96 Å². The number of aromatic nitrogens is 1. The minimum absolute atomic E-state index is 0. The van der Waals surface area contributed by atoms with Crippen molar-refractivity contribution in [3.63, 3.8) is 0 Å². The van der Waals surface area contributed by atoms with Crippen LogP contribution in [0.25, 0.3) is 0 Å². The number of amides is 1. The Morgan fingerprint density at radius 1 is 1.25 bits per heavy atom. The number of carbonyl (C=O) groups is 1. The van der Waals surface area contributed by atoms with Crippen LogP contribution in [0.4, 0.5) is 0 Å². The molecular weight excluding hydrogens is 512 g/mol. The molecule has 0 atom stereocenters. The van der Waals surface area contributed by atoms with Gasteiger partial charge in [-0.25, -0.2) is 0 Å². The Bertz CT molecular complexity index is 809. The zero-order chi connectivity index (χ0) is 19.8. The average molecular weight is 538 g/mol. The number of nitrogens with one attached hydrogen (secondary N) is 2. The van der Waals surface area contributed by atoms with Crippen LogP contribution in [-0.2, 0) is 13.6 Å². The first-order valence-electron chi connectivity index (χ1n) is 8.75. The largest absolute Gasteiger partial charge is 0.357 e. The Kier molecular flexibility index (Phi) is 10.7. The van der Waals surface area contributed by atoms with Crippen LogP contribution in [-0.4, -0.2) is 48.0 Å². The molecule has 154 valence electrons. The summed E-state index contributed by atoms with van der Waals surface area (Å²) in [5, 5.41) is 7.25. The molecule has 1 heterocycles. The van der Waals surface area contributed by atoms with Gasteiger partial charge < -0.3 is 20.1 Å². The normalized spacial score (nSPS) is 11.0. The molecule has 0 spiro atoms. The minimum atomic E-state index is -0.201. The van der Waals surface area contributed by atoms with Crippen molar-refractivity contribution < 1.29 is 4.79 Å². The lowest BCUT2D eigenvalue weighted by atomic mass is 10.2. The van der Waals surface area contributed by atoms with Crippen molar-refractivity contribution in [3.05, 3.63) is 57.8 Å². The molecule has 9 heteroatoms. The predicted molar refractivity (Wildman–Crippen MR) is 127 cm³/mol. The topological polar surface area (TPSA) is 61.7 Å². The van der Waals surface area contributed by atoms with E-state index >= 15 is 0 Å².